The molecule has 0 aromatic heterocycles. The molecule has 0 radical (unpaired) electrons. The van der Waals surface area contributed by atoms with Crippen molar-refractivity contribution in [3.8, 4) is 0 Å². The van der Waals surface area contributed by atoms with E-state index < -0.39 is 29.3 Å². The number of hydrogen-bond donors (Lipinski definition) is 3. The van der Waals surface area contributed by atoms with Crippen molar-refractivity contribution in [1.82, 2.24) is 15.5 Å². The maximum atomic E-state index is 13.5. The molecule has 25 heavy (non-hydrogen) atoms. The first-order valence-corrected chi connectivity index (χ1v) is 7.86. The van der Waals surface area contributed by atoms with Crippen LogP contribution in [0.5, 0.6) is 0 Å². The fourth-order valence-electron chi connectivity index (χ4n) is 2.50. The number of halogens is 3. The Morgan fingerprint density at radius 1 is 1.16 bits per heavy atom. The van der Waals surface area contributed by atoms with Gasteiger partial charge in [-0.3, -0.25) is 20.2 Å². The van der Waals surface area contributed by atoms with Crippen LogP contribution in [0.4, 0.5) is 13.2 Å². The number of likely N-dealkylation sites (N-methyl/N-ethyl adjacent to an activating group) is 1. The van der Waals surface area contributed by atoms with E-state index in [1.807, 2.05) is 14.1 Å². The Morgan fingerprint density at radius 2 is 1.72 bits per heavy atom. The van der Waals surface area contributed by atoms with Crippen molar-refractivity contribution in [3.63, 3.8) is 0 Å². The van der Waals surface area contributed by atoms with Gasteiger partial charge in [-0.15, -0.1) is 0 Å². The molecule has 2 aliphatic rings. The van der Waals surface area contributed by atoms with Gasteiger partial charge in [0.15, 0.2) is 5.11 Å². The lowest BCUT2D eigenvalue weighted by molar-refractivity contribution is -0.857. The maximum absolute atomic E-state index is 13.5. The van der Waals surface area contributed by atoms with Gasteiger partial charge < -0.3 is 9.80 Å². The number of allylic oxidation sites excluding steroid dienone is 5. The first kappa shape index (κ1) is 19.1. The summed E-state index contributed by atoms with van der Waals surface area (Å²) in [5.74, 6) is -1.64. The molecule has 1 saturated heterocycles. The largest absolute Gasteiger partial charge is 0.431 e. The first-order valence-electron chi connectivity index (χ1n) is 7.45. The number of rotatable bonds is 3. The van der Waals surface area contributed by atoms with Crippen LogP contribution in [0.3, 0.4) is 0 Å². The van der Waals surface area contributed by atoms with Crippen LogP contribution in [-0.2, 0) is 9.59 Å². The van der Waals surface area contributed by atoms with E-state index in [2.05, 4.69) is 22.9 Å². The number of alkyl halides is 3. The summed E-state index contributed by atoms with van der Waals surface area (Å²) in [6, 6.07) is 0. The van der Waals surface area contributed by atoms with E-state index in [0.717, 1.165) is 15.9 Å². The standard InChI is InChI=1S/C15H17F3N4O2S/c1-8-6-9(11-12(23)19-14(25)20-13(11)24)7-10(15(16,17)18)22(8)5-4-21(2)3/h6-7H,4-5H2,1-3H3,(H2,19,20,23,24,25)/p+1. The van der Waals surface area contributed by atoms with Crippen LogP contribution in [0.2, 0.25) is 0 Å². The number of amides is 2. The number of nitrogens with zero attached hydrogens (tertiary/aromatic N) is 1. The summed E-state index contributed by atoms with van der Waals surface area (Å²) >= 11 is 4.69. The quantitative estimate of drug-likeness (QED) is 0.358. The summed E-state index contributed by atoms with van der Waals surface area (Å²) < 4.78 is 40.5. The third-order valence-corrected chi connectivity index (χ3v) is 3.90. The highest BCUT2D eigenvalue weighted by Crippen LogP contribution is 2.35. The minimum Gasteiger partial charge on any atom is -0.338 e. The molecule has 0 atom stereocenters. The molecule has 1 fully saturated rings. The van der Waals surface area contributed by atoms with Crippen LogP contribution in [-0.4, -0.2) is 55.2 Å². The molecule has 0 aliphatic carbocycles. The zero-order chi connectivity index (χ0) is 18.9. The fourth-order valence-corrected chi connectivity index (χ4v) is 2.68. The van der Waals surface area contributed by atoms with Crippen LogP contribution in [0.15, 0.2) is 34.7 Å². The van der Waals surface area contributed by atoms with E-state index in [1.165, 1.54) is 13.0 Å². The van der Waals surface area contributed by atoms with Gasteiger partial charge in [0.05, 0.1) is 27.2 Å². The summed E-state index contributed by atoms with van der Waals surface area (Å²) in [4.78, 5) is 26.1. The number of carbonyl (C=O) groups excluding carboxylic acids is 2. The Labute approximate surface area is 148 Å². The molecule has 0 unspecified atom stereocenters. The van der Waals surface area contributed by atoms with Crippen molar-refractivity contribution >= 4 is 29.1 Å². The zero-order valence-corrected chi connectivity index (χ0v) is 14.7. The van der Waals surface area contributed by atoms with Crippen molar-refractivity contribution < 1.29 is 27.7 Å². The average molecular weight is 375 g/mol. The number of nitrogens with one attached hydrogen (secondary N) is 3. The molecular weight excluding hydrogens is 357 g/mol. The van der Waals surface area contributed by atoms with Gasteiger partial charge in [-0.05, 0) is 36.9 Å². The van der Waals surface area contributed by atoms with Gasteiger partial charge in [0, 0.05) is 5.70 Å². The summed E-state index contributed by atoms with van der Waals surface area (Å²) in [6.45, 7) is 2.15. The predicted molar refractivity (Wildman–Crippen MR) is 88.2 cm³/mol. The average Bonchev–Trinajstić information content (AvgIpc) is 2.43. The van der Waals surface area contributed by atoms with E-state index in [0.29, 0.717) is 12.2 Å². The molecule has 3 N–H and O–H groups in total. The third kappa shape index (κ3) is 4.26. The van der Waals surface area contributed by atoms with E-state index in [-0.39, 0.29) is 17.2 Å². The Bertz CT molecular complexity index is 701. The molecule has 6 nitrogen and oxygen atoms in total. The normalized spacial score (nSPS) is 19.0. The van der Waals surface area contributed by atoms with Crippen molar-refractivity contribution in [3.05, 3.63) is 34.7 Å². The van der Waals surface area contributed by atoms with E-state index in [4.69, 9.17) is 0 Å². The number of hydrogen-bond acceptors (Lipinski definition) is 4. The molecular formula is C15H18F3N4O2S+. The zero-order valence-electron chi connectivity index (χ0n) is 13.9. The molecule has 2 aliphatic heterocycles. The minimum absolute atomic E-state index is 0.101. The van der Waals surface area contributed by atoms with Crippen LogP contribution < -0.4 is 15.5 Å². The molecule has 2 amide bonds. The first-order chi connectivity index (χ1) is 11.5. The Morgan fingerprint density at radius 3 is 2.20 bits per heavy atom. The number of thiocarbonyl (C=S) groups is 1. The molecule has 2 rings (SSSR count). The lowest BCUT2D eigenvalue weighted by Gasteiger charge is -2.33. The summed E-state index contributed by atoms with van der Waals surface area (Å²) in [5, 5.41) is 4.27. The maximum Gasteiger partial charge on any atom is 0.431 e. The van der Waals surface area contributed by atoms with Gasteiger partial charge in [0.25, 0.3) is 11.8 Å². The van der Waals surface area contributed by atoms with Crippen LogP contribution >= 0.6 is 12.2 Å². The number of quaternary nitrogens is 1. The second-order valence-electron chi connectivity index (χ2n) is 5.99. The second kappa shape index (κ2) is 6.96. The SMILES string of the molecule is CC1=CC(=C2C(=O)NC(=S)NC2=O)C=C(C(F)(F)F)N1CC[NH+](C)C. The van der Waals surface area contributed by atoms with Gasteiger partial charge in [-0.2, -0.15) is 13.2 Å². The van der Waals surface area contributed by atoms with E-state index >= 15 is 0 Å². The van der Waals surface area contributed by atoms with Gasteiger partial charge in [-0.25, -0.2) is 0 Å². The topological polar surface area (TPSA) is 65.9 Å². The van der Waals surface area contributed by atoms with Crippen LogP contribution in [0.25, 0.3) is 0 Å². The van der Waals surface area contributed by atoms with Gasteiger partial charge in [0.1, 0.15) is 11.3 Å². The lowest BCUT2D eigenvalue weighted by Crippen LogP contribution is -3.06. The van der Waals surface area contributed by atoms with Crippen molar-refractivity contribution in [2.24, 2.45) is 0 Å². The summed E-state index contributed by atoms with van der Waals surface area (Å²) in [6.07, 6.45) is -2.41. The van der Waals surface area contributed by atoms with Gasteiger partial charge >= 0.3 is 6.18 Å². The molecule has 0 saturated carbocycles. The Kier molecular flexibility index (Phi) is 5.33. The van der Waals surface area contributed by atoms with E-state index in [1.54, 1.807) is 0 Å². The lowest BCUT2D eigenvalue weighted by atomic mass is 9.99. The van der Waals surface area contributed by atoms with Crippen LogP contribution in [0, 0.1) is 0 Å². The van der Waals surface area contributed by atoms with Crippen molar-refractivity contribution in [2.75, 3.05) is 27.2 Å². The van der Waals surface area contributed by atoms with Crippen molar-refractivity contribution in [1.29, 1.82) is 0 Å². The third-order valence-electron chi connectivity index (χ3n) is 3.70. The highest BCUT2D eigenvalue weighted by atomic mass is 32.1. The highest BCUT2D eigenvalue weighted by molar-refractivity contribution is 7.80. The van der Waals surface area contributed by atoms with Crippen LogP contribution in [0.1, 0.15) is 6.92 Å². The molecule has 0 spiro atoms. The monoisotopic (exact) mass is 375 g/mol. The molecule has 136 valence electrons. The molecule has 0 bridgehead atoms. The van der Waals surface area contributed by atoms with E-state index in [9.17, 15) is 22.8 Å². The van der Waals surface area contributed by atoms with Gasteiger partial charge in [0.2, 0.25) is 0 Å². The predicted octanol–water partition coefficient (Wildman–Crippen LogP) is -0.376. The summed E-state index contributed by atoms with van der Waals surface area (Å²) in [5.41, 5.74) is -1.11. The smallest absolute Gasteiger partial charge is 0.338 e. The fraction of sp³-hybridized carbons (Fsp3) is 0.400. The molecule has 10 heteroatoms. The Hall–Kier alpha value is -2.20. The summed E-state index contributed by atoms with van der Waals surface area (Å²) in [7, 11) is 3.68. The molecule has 2 heterocycles. The minimum atomic E-state index is -4.63. The second-order valence-corrected chi connectivity index (χ2v) is 6.40. The Balaban J connectivity index is 2.50. The van der Waals surface area contributed by atoms with Gasteiger partial charge in [-0.1, -0.05) is 0 Å². The van der Waals surface area contributed by atoms with Crippen molar-refractivity contribution in [2.45, 2.75) is 13.1 Å². The highest BCUT2D eigenvalue weighted by Gasteiger charge is 2.41. The number of carbonyl (C=O) groups is 2. The molecule has 0 aromatic carbocycles. The molecule has 0 aromatic rings.